The minimum atomic E-state index is -0.356. The molecule has 0 bridgehead atoms. The van der Waals surface area contributed by atoms with E-state index in [4.69, 9.17) is 4.74 Å². The second-order valence-corrected chi connectivity index (χ2v) is 7.89. The molecule has 1 saturated carbocycles. The number of hydrogen-bond acceptors (Lipinski definition) is 3. The second kappa shape index (κ2) is 10.2. The van der Waals surface area contributed by atoms with Crippen LogP contribution in [0.3, 0.4) is 0 Å². The quantitative estimate of drug-likeness (QED) is 0.335. The van der Waals surface area contributed by atoms with Crippen molar-refractivity contribution in [3.63, 3.8) is 0 Å². The van der Waals surface area contributed by atoms with Gasteiger partial charge >= 0.3 is 0 Å². The van der Waals surface area contributed by atoms with Crippen LogP contribution in [0.1, 0.15) is 18.4 Å². The standard InChI is InChI=1S/C20H24FN3OS.HI/c1-22-19(23-13-15-8-9-18(25-2)17(21)12-15)24-14-20(10-11-20)26-16-6-4-3-5-7-16;/h3-9,12H,10-11,13-14H2,1-2H3,(H2,22,23,24);1H. The fraction of sp³-hybridized carbons (Fsp3) is 0.350. The molecule has 2 aromatic carbocycles. The summed E-state index contributed by atoms with van der Waals surface area (Å²) in [4.78, 5) is 5.56. The van der Waals surface area contributed by atoms with Crippen LogP contribution >= 0.6 is 35.7 Å². The molecule has 7 heteroatoms. The lowest BCUT2D eigenvalue weighted by Crippen LogP contribution is -2.40. The molecule has 0 saturated heterocycles. The molecule has 1 fully saturated rings. The average Bonchev–Trinajstić information content (AvgIpc) is 3.42. The van der Waals surface area contributed by atoms with E-state index in [1.54, 1.807) is 13.1 Å². The Hall–Kier alpha value is -1.48. The Morgan fingerprint density at radius 1 is 1.19 bits per heavy atom. The highest BCUT2D eigenvalue weighted by molar-refractivity contribution is 14.0. The largest absolute Gasteiger partial charge is 0.494 e. The van der Waals surface area contributed by atoms with Crippen molar-refractivity contribution >= 4 is 41.7 Å². The molecule has 27 heavy (non-hydrogen) atoms. The van der Waals surface area contributed by atoms with Crippen molar-refractivity contribution < 1.29 is 9.13 Å². The fourth-order valence-electron chi connectivity index (χ4n) is 2.66. The Kier molecular flexibility index (Phi) is 8.22. The lowest BCUT2D eigenvalue weighted by Gasteiger charge is -2.18. The summed E-state index contributed by atoms with van der Waals surface area (Å²) in [7, 11) is 3.21. The molecule has 4 nitrogen and oxygen atoms in total. The molecular formula is C20H25FIN3OS. The number of thioether (sulfide) groups is 1. The summed E-state index contributed by atoms with van der Waals surface area (Å²) in [6.45, 7) is 1.35. The van der Waals surface area contributed by atoms with Crippen molar-refractivity contribution in [2.24, 2.45) is 4.99 Å². The monoisotopic (exact) mass is 501 g/mol. The molecule has 1 aliphatic rings. The predicted octanol–water partition coefficient (Wildman–Crippen LogP) is 4.44. The summed E-state index contributed by atoms with van der Waals surface area (Å²) >= 11 is 1.92. The molecule has 2 N–H and O–H groups in total. The molecule has 0 spiro atoms. The number of ether oxygens (including phenoxy) is 1. The van der Waals surface area contributed by atoms with E-state index in [0.717, 1.165) is 18.1 Å². The number of benzene rings is 2. The first kappa shape index (κ1) is 21.8. The SMILES string of the molecule is CN=C(NCc1ccc(OC)c(F)c1)NCC1(Sc2ccccc2)CC1.I. The van der Waals surface area contributed by atoms with Crippen LogP contribution in [0.5, 0.6) is 5.75 Å². The van der Waals surface area contributed by atoms with Gasteiger partial charge in [-0.15, -0.1) is 35.7 Å². The third-order valence-electron chi connectivity index (χ3n) is 4.36. The van der Waals surface area contributed by atoms with Gasteiger partial charge in [0.1, 0.15) is 0 Å². The van der Waals surface area contributed by atoms with Crippen molar-refractivity contribution in [3.8, 4) is 5.75 Å². The van der Waals surface area contributed by atoms with Crippen LogP contribution in [0.2, 0.25) is 0 Å². The minimum absolute atomic E-state index is 0. The van der Waals surface area contributed by atoms with E-state index < -0.39 is 0 Å². The van der Waals surface area contributed by atoms with Gasteiger partial charge in [-0.3, -0.25) is 4.99 Å². The number of hydrogen-bond donors (Lipinski definition) is 2. The Labute approximate surface area is 181 Å². The van der Waals surface area contributed by atoms with Gasteiger partial charge in [0.15, 0.2) is 17.5 Å². The number of halogens is 2. The van der Waals surface area contributed by atoms with E-state index in [-0.39, 0.29) is 40.3 Å². The molecule has 0 radical (unpaired) electrons. The Morgan fingerprint density at radius 2 is 1.93 bits per heavy atom. The van der Waals surface area contributed by atoms with Crippen LogP contribution < -0.4 is 15.4 Å². The van der Waals surface area contributed by atoms with E-state index in [9.17, 15) is 4.39 Å². The lowest BCUT2D eigenvalue weighted by atomic mass is 10.2. The third-order valence-corrected chi connectivity index (χ3v) is 5.86. The highest BCUT2D eigenvalue weighted by atomic mass is 127. The molecule has 0 aromatic heterocycles. The van der Waals surface area contributed by atoms with Crippen LogP contribution in [-0.4, -0.2) is 31.4 Å². The first-order valence-corrected chi connectivity index (χ1v) is 9.47. The van der Waals surface area contributed by atoms with Gasteiger partial charge in [0.25, 0.3) is 0 Å². The molecule has 0 aliphatic heterocycles. The number of nitrogens with one attached hydrogen (secondary N) is 2. The Balaban J connectivity index is 0.00000261. The van der Waals surface area contributed by atoms with Gasteiger partial charge in [-0.05, 0) is 42.7 Å². The smallest absolute Gasteiger partial charge is 0.191 e. The average molecular weight is 501 g/mol. The zero-order valence-electron chi connectivity index (χ0n) is 15.5. The van der Waals surface area contributed by atoms with Crippen LogP contribution in [0.4, 0.5) is 4.39 Å². The van der Waals surface area contributed by atoms with Crippen molar-refractivity contribution in [3.05, 3.63) is 59.9 Å². The number of rotatable bonds is 7. The van der Waals surface area contributed by atoms with Crippen LogP contribution in [0.25, 0.3) is 0 Å². The Bertz CT molecular complexity index is 769. The summed E-state index contributed by atoms with van der Waals surface area (Å²) in [5, 5.41) is 6.64. The molecular weight excluding hydrogens is 476 g/mol. The number of aliphatic imine (C=N–C) groups is 1. The van der Waals surface area contributed by atoms with E-state index in [1.807, 2.05) is 23.9 Å². The molecule has 1 aliphatic carbocycles. The lowest BCUT2D eigenvalue weighted by molar-refractivity contribution is 0.386. The molecule has 0 atom stereocenters. The highest BCUT2D eigenvalue weighted by Crippen LogP contribution is 2.51. The van der Waals surface area contributed by atoms with Gasteiger partial charge in [-0.25, -0.2) is 4.39 Å². The second-order valence-electron chi connectivity index (χ2n) is 6.35. The summed E-state index contributed by atoms with van der Waals surface area (Å²) in [6.07, 6.45) is 2.39. The van der Waals surface area contributed by atoms with E-state index in [1.165, 1.54) is 30.9 Å². The first-order chi connectivity index (χ1) is 12.6. The van der Waals surface area contributed by atoms with Gasteiger partial charge in [-0.2, -0.15) is 0 Å². The summed E-state index contributed by atoms with van der Waals surface area (Å²) in [5.74, 6) is 0.622. The molecule has 3 rings (SSSR count). The van der Waals surface area contributed by atoms with Crippen molar-refractivity contribution in [2.45, 2.75) is 29.0 Å². The summed E-state index contributed by atoms with van der Waals surface area (Å²) < 4.78 is 19.0. The maximum Gasteiger partial charge on any atom is 0.191 e. The van der Waals surface area contributed by atoms with Gasteiger partial charge in [0, 0.05) is 29.8 Å². The first-order valence-electron chi connectivity index (χ1n) is 8.65. The minimum Gasteiger partial charge on any atom is -0.494 e. The number of guanidine groups is 1. The molecule has 0 unspecified atom stereocenters. The van der Waals surface area contributed by atoms with Crippen LogP contribution in [0, 0.1) is 5.82 Å². The number of methoxy groups -OCH3 is 1. The summed E-state index contributed by atoms with van der Waals surface area (Å²) in [6, 6.07) is 15.4. The predicted molar refractivity (Wildman–Crippen MR) is 121 cm³/mol. The van der Waals surface area contributed by atoms with Gasteiger partial charge in [-0.1, -0.05) is 24.3 Å². The fourth-order valence-corrected chi connectivity index (χ4v) is 3.91. The number of nitrogens with zero attached hydrogens (tertiary/aromatic N) is 1. The van der Waals surface area contributed by atoms with Gasteiger partial charge in [0.05, 0.1) is 7.11 Å². The maximum absolute atomic E-state index is 13.8. The van der Waals surface area contributed by atoms with Gasteiger partial charge < -0.3 is 15.4 Å². The topological polar surface area (TPSA) is 45.7 Å². The maximum atomic E-state index is 13.8. The molecule has 2 aromatic rings. The summed E-state index contributed by atoms with van der Waals surface area (Å²) in [5.41, 5.74) is 0.839. The van der Waals surface area contributed by atoms with Crippen molar-refractivity contribution in [2.75, 3.05) is 20.7 Å². The van der Waals surface area contributed by atoms with E-state index in [2.05, 4.69) is 39.9 Å². The van der Waals surface area contributed by atoms with E-state index >= 15 is 0 Å². The zero-order chi connectivity index (χ0) is 18.4. The highest BCUT2D eigenvalue weighted by Gasteiger charge is 2.43. The molecule has 0 amide bonds. The van der Waals surface area contributed by atoms with Crippen LogP contribution in [0.15, 0.2) is 58.4 Å². The Morgan fingerprint density at radius 3 is 2.52 bits per heavy atom. The third kappa shape index (κ3) is 6.27. The van der Waals surface area contributed by atoms with Crippen molar-refractivity contribution in [1.82, 2.24) is 10.6 Å². The van der Waals surface area contributed by atoms with Crippen LogP contribution in [-0.2, 0) is 6.54 Å². The molecule has 146 valence electrons. The molecule has 0 heterocycles. The van der Waals surface area contributed by atoms with Gasteiger partial charge in [0.2, 0.25) is 0 Å². The zero-order valence-corrected chi connectivity index (χ0v) is 18.6. The van der Waals surface area contributed by atoms with E-state index in [0.29, 0.717) is 6.54 Å². The van der Waals surface area contributed by atoms with Crippen molar-refractivity contribution in [1.29, 1.82) is 0 Å². The normalized spacial score (nSPS) is 14.9.